The monoisotopic (exact) mass is 352 g/mol. The number of nitrogens with two attached hydrogens (primary N) is 1. The van der Waals surface area contributed by atoms with Gasteiger partial charge in [-0.05, 0) is 38.6 Å². The van der Waals surface area contributed by atoms with Crippen LogP contribution in [0.2, 0.25) is 0 Å². The number of amides is 3. The summed E-state index contributed by atoms with van der Waals surface area (Å²) in [7, 11) is 0. The summed E-state index contributed by atoms with van der Waals surface area (Å²) in [5.74, 6) is 0.121. The number of rotatable bonds is 2. The number of nitrogens with one attached hydrogen (secondary N) is 1. The first-order valence-corrected chi connectivity index (χ1v) is 9.88. The zero-order valence-corrected chi connectivity index (χ0v) is 14.5. The summed E-state index contributed by atoms with van der Waals surface area (Å²) in [6, 6.07) is -0.696. The number of carbonyl (C=O) groups is 3. The molecule has 4 aliphatic heterocycles. The van der Waals surface area contributed by atoms with E-state index in [-0.39, 0.29) is 23.2 Å². The molecule has 4 heterocycles. The average molecular weight is 352 g/mol. The molecule has 0 unspecified atom stereocenters. The summed E-state index contributed by atoms with van der Waals surface area (Å²) in [5, 5.41) is 3.23. The first-order valence-electron chi connectivity index (χ1n) is 8.83. The van der Waals surface area contributed by atoms with Crippen LogP contribution < -0.4 is 11.1 Å². The van der Waals surface area contributed by atoms with Crippen LogP contribution in [0.15, 0.2) is 0 Å². The van der Waals surface area contributed by atoms with Crippen molar-refractivity contribution in [3.8, 4) is 0 Å². The van der Waals surface area contributed by atoms with Gasteiger partial charge in [0.05, 0.1) is 11.4 Å². The maximum Gasteiger partial charge on any atom is 0.250 e. The van der Waals surface area contributed by atoms with Crippen LogP contribution in [0.5, 0.6) is 0 Å². The minimum atomic E-state index is -0.759. The molecule has 0 aromatic heterocycles. The third-order valence-corrected chi connectivity index (χ3v) is 7.22. The van der Waals surface area contributed by atoms with Crippen LogP contribution in [-0.4, -0.2) is 69.4 Å². The molecular weight excluding hydrogens is 328 g/mol. The molecule has 3 amide bonds. The number of hydrogen-bond donors (Lipinski definition) is 2. The van der Waals surface area contributed by atoms with Crippen LogP contribution in [0.25, 0.3) is 0 Å². The van der Waals surface area contributed by atoms with Gasteiger partial charge in [-0.1, -0.05) is 0 Å². The van der Waals surface area contributed by atoms with Crippen molar-refractivity contribution in [3.63, 3.8) is 0 Å². The normalized spacial score (nSPS) is 38.8. The number of primary amides is 1. The molecule has 4 atom stereocenters. The molecule has 0 aromatic rings. The molecule has 0 saturated carbocycles. The van der Waals surface area contributed by atoms with E-state index in [0.717, 1.165) is 32.2 Å². The molecule has 0 bridgehead atoms. The fourth-order valence-electron chi connectivity index (χ4n) is 4.70. The lowest BCUT2D eigenvalue weighted by Gasteiger charge is -2.44. The second-order valence-corrected chi connectivity index (χ2v) is 8.46. The summed E-state index contributed by atoms with van der Waals surface area (Å²) in [6.45, 7) is 1.49. The summed E-state index contributed by atoms with van der Waals surface area (Å²) in [5.41, 5.74) is 4.73. The Kier molecular flexibility index (Phi) is 3.99. The van der Waals surface area contributed by atoms with Crippen LogP contribution >= 0.6 is 11.8 Å². The van der Waals surface area contributed by atoms with Crippen LogP contribution in [0, 0.1) is 0 Å². The first-order chi connectivity index (χ1) is 11.5. The summed E-state index contributed by atoms with van der Waals surface area (Å²) < 4.78 is 0. The first kappa shape index (κ1) is 16.2. The molecule has 4 aliphatic rings. The van der Waals surface area contributed by atoms with Crippen molar-refractivity contribution in [1.29, 1.82) is 0 Å². The van der Waals surface area contributed by atoms with E-state index in [9.17, 15) is 14.4 Å². The number of thioether (sulfide) groups is 1. The molecule has 3 N–H and O–H groups in total. The van der Waals surface area contributed by atoms with E-state index in [1.807, 2.05) is 4.90 Å². The van der Waals surface area contributed by atoms with Gasteiger partial charge in [0.25, 0.3) is 0 Å². The Balaban J connectivity index is 1.63. The van der Waals surface area contributed by atoms with Crippen molar-refractivity contribution >= 4 is 29.5 Å². The average Bonchev–Trinajstić information content (AvgIpc) is 3.27. The van der Waals surface area contributed by atoms with Gasteiger partial charge in [0, 0.05) is 18.7 Å². The van der Waals surface area contributed by atoms with Gasteiger partial charge in [0.2, 0.25) is 17.7 Å². The Labute approximate surface area is 145 Å². The molecule has 8 heteroatoms. The SMILES string of the molecule is NC(=O)[C@H]1CS[C@@H]2C[C@]3(CCCCN3C(=O)[C@@H]3CCCN3)C(=O)N12. The molecule has 1 spiro atoms. The Hall–Kier alpha value is -1.28. The van der Waals surface area contributed by atoms with E-state index >= 15 is 0 Å². The predicted octanol–water partition coefficient (Wildman–Crippen LogP) is -0.351. The van der Waals surface area contributed by atoms with Gasteiger partial charge in [-0.2, -0.15) is 0 Å². The minimum absolute atomic E-state index is 0.0278. The summed E-state index contributed by atoms with van der Waals surface area (Å²) in [4.78, 5) is 41.5. The zero-order valence-electron chi connectivity index (χ0n) is 13.7. The smallest absolute Gasteiger partial charge is 0.250 e. The van der Waals surface area contributed by atoms with E-state index in [4.69, 9.17) is 5.73 Å². The van der Waals surface area contributed by atoms with Crippen LogP contribution in [0.3, 0.4) is 0 Å². The van der Waals surface area contributed by atoms with Crippen molar-refractivity contribution in [1.82, 2.24) is 15.1 Å². The van der Waals surface area contributed by atoms with E-state index in [0.29, 0.717) is 25.1 Å². The lowest BCUT2D eigenvalue weighted by Crippen LogP contribution is -2.62. The van der Waals surface area contributed by atoms with E-state index in [2.05, 4.69) is 5.32 Å². The Morgan fingerprint density at radius 2 is 2.12 bits per heavy atom. The Morgan fingerprint density at radius 3 is 2.83 bits per heavy atom. The molecular formula is C16H24N4O3S. The van der Waals surface area contributed by atoms with Gasteiger partial charge in [0.15, 0.2) is 0 Å². The fraction of sp³-hybridized carbons (Fsp3) is 0.812. The molecule has 132 valence electrons. The summed E-state index contributed by atoms with van der Waals surface area (Å²) >= 11 is 1.62. The highest BCUT2D eigenvalue weighted by Crippen LogP contribution is 2.48. The lowest BCUT2D eigenvalue weighted by atomic mass is 9.84. The minimum Gasteiger partial charge on any atom is -0.368 e. The highest BCUT2D eigenvalue weighted by atomic mass is 32.2. The van der Waals surface area contributed by atoms with Gasteiger partial charge >= 0.3 is 0 Å². The van der Waals surface area contributed by atoms with E-state index < -0.39 is 17.5 Å². The van der Waals surface area contributed by atoms with Gasteiger partial charge in [-0.25, -0.2) is 0 Å². The molecule has 4 rings (SSSR count). The largest absolute Gasteiger partial charge is 0.368 e. The molecule has 4 fully saturated rings. The van der Waals surface area contributed by atoms with Crippen molar-refractivity contribution < 1.29 is 14.4 Å². The van der Waals surface area contributed by atoms with Crippen molar-refractivity contribution in [2.24, 2.45) is 5.73 Å². The van der Waals surface area contributed by atoms with Crippen molar-refractivity contribution in [2.45, 2.75) is 61.5 Å². The van der Waals surface area contributed by atoms with E-state index in [1.165, 1.54) is 0 Å². The molecule has 0 radical (unpaired) electrons. The van der Waals surface area contributed by atoms with Gasteiger partial charge in [-0.15, -0.1) is 11.8 Å². The Bertz CT molecular complexity index is 580. The predicted molar refractivity (Wildman–Crippen MR) is 90.0 cm³/mol. The summed E-state index contributed by atoms with van der Waals surface area (Å²) in [6.07, 6.45) is 5.04. The topological polar surface area (TPSA) is 95.7 Å². The molecule has 0 aromatic carbocycles. The van der Waals surface area contributed by atoms with Crippen molar-refractivity contribution in [2.75, 3.05) is 18.8 Å². The lowest BCUT2D eigenvalue weighted by molar-refractivity contribution is -0.154. The number of hydrogen-bond acceptors (Lipinski definition) is 5. The number of carbonyl (C=O) groups excluding carboxylic acids is 3. The van der Waals surface area contributed by atoms with Crippen molar-refractivity contribution in [3.05, 3.63) is 0 Å². The zero-order chi connectivity index (χ0) is 16.9. The van der Waals surface area contributed by atoms with Gasteiger partial charge in [0.1, 0.15) is 11.6 Å². The number of piperidine rings is 1. The van der Waals surface area contributed by atoms with Crippen LogP contribution in [-0.2, 0) is 14.4 Å². The maximum atomic E-state index is 13.3. The maximum absolute atomic E-state index is 13.3. The quantitative estimate of drug-likeness (QED) is 0.708. The number of likely N-dealkylation sites (tertiary alicyclic amines) is 1. The molecule has 0 aliphatic carbocycles. The molecule has 4 saturated heterocycles. The fourth-order valence-corrected chi connectivity index (χ4v) is 6.23. The van der Waals surface area contributed by atoms with Gasteiger partial charge < -0.3 is 20.9 Å². The van der Waals surface area contributed by atoms with Crippen LogP contribution in [0.1, 0.15) is 38.5 Å². The molecule has 7 nitrogen and oxygen atoms in total. The second kappa shape index (κ2) is 5.91. The van der Waals surface area contributed by atoms with Gasteiger partial charge in [-0.3, -0.25) is 14.4 Å². The highest BCUT2D eigenvalue weighted by Gasteiger charge is 2.61. The van der Waals surface area contributed by atoms with Crippen LogP contribution in [0.4, 0.5) is 0 Å². The second-order valence-electron chi connectivity index (χ2n) is 7.25. The van der Waals surface area contributed by atoms with E-state index in [1.54, 1.807) is 16.7 Å². The number of nitrogens with zero attached hydrogens (tertiary/aromatic N) is 2. The molecule has 24 heavy (non-hydrogen) atoms. The number of fused-ring (bicyclic) bond motifs is 1. The third-order valence-electron chi connectivity index (χ3n) is 5.93. The Morgan fingerprint density at radius 1 is 1.29 bits per heavy atom. The highest BCUT2D eigenvalue weighted by molar-refractivity contribution is 8.00. The third kappa shape index (κ3) is 2.26. The standard InChI is InChI=1S/C16H24N4O3S/c17-13(21)11-9-24-12-8-16(15(23)20(11)12)5-1-2-7-19(16)14(22)10-4-3-6-18-10/h10-12,18H,1-9H2,(H2,17,21)/t10-,11+,12+,16+/m0/s1.